The van der Waals surface area contributed by atoms with Gasteiger partial charge in [-0.25, -0.2) is 4.79 Å². The Kier molecular flexibility index (Phi) is 4.42. The van der Waals surface area contributed by atoms with Crippen LogP contribution in [0.2, 0.25) is 0 Å². The monoisotopic (exact) mass is 321 g/mol. The number of fused-ring (bicyclic) bond motifs is 1. The van der Waals surface area contributed by atoms with Crippen molar-refractivity contribution in [3.05, 3.63) is 66.2 Å². The SMILES string of the molecule is C=C(C)C(=O)OC(CC)c1ccccc1-n1nc2ccccc2n1. The van der Waals surface area contributed by atoms with Crippen molar-refractivity contribution in [3.63, 3.8) is 0 Å². The minimum atomic E-state index is -0.393. The van der Waals surface area contributed by atoms with Crippen LogP contribution in [0.1, 0.15) is 31.9 Å². The van der Waals surface area contributed by atoms with Crippen LogP contribution in [0.15, 0.2) is 60.7 Å². The summed E-state index contributed by atoms with van der Waals surface area (Å²) in [7, 11) is 0. The predicted molar refractivity (Wildman–Crippen MR) is 92.8 cm³/mol. The fourth-order valence-electron chi connectivity index (χ4n) is 2.51. The smallest absolute Gasteiger partial charge is 0.333 e. The first-order valence-corrected chi connectivity index (χ1v) is 7.88. The highest BCUT2D eigenvalue weighted by Crippen LogP contribution is 2.28. The van der Waals surface area contributed by atoms with E-state index in [-0.39, 0.29) is 6.10 Å². The number of nitrogens with zero attached hydrogens (tertiary/aromatic N) is 3. The summed E-state index contributed by atoms with van der Waals surface area (Å²) in [6.45, 7) is 7.26. The first-order chi connectivity index (χ1) is 11.6. The molecule has 0 aliphatic carbocycles. The molecule has 0 spiro atoms. The van der Waals surface area contributed by atoms with Gasteiger partial charge < -0.3 is 4.74 Å². The standard InChI is InChI=1S/C19H19N3O2/c1-4-18(24-19(23)13(2)3)14-9-5-8-12-17(14)22-20-15-10-6-7-11-16(15)21-22/h5-12,18H,2,4H2,1,3H3. The van der Waals surface area contributed by atoms with Gasteiger partial charge in [-0.3, -0.25) is 0 Å². The lowest BCUT2D eigenvalue weighted by atomic mass is 10.0. The second-order valence-electron chi connectivity index (χ2n) is 5.62. The van der Waals surface area contributed by atoms with Gasteiger partial charge in [-0.15, -0.1) is 15.0 Å². The van der Waals surface area contributed by atoms with Gasteiger partial charge in [0.05, 0.1) is 5.69 Å². The molecule has 3 aromatic rings. The van der Waals surface area contributed by atoms with Gasteiger partial charge >= 0.3 is 5.97 Å². The highest BCUT2D eigenvalue weighted by atomic mass is 16.5. The summed E-state index contributed by atoms with van der Waals surface area (Å²) < 4.78 is 5.58. The first-order valence-electron chi connectivity index (χ1n) is 7.88. The van der Waals surface area contributed by atoms with E-state index < -0.39 is 5.97 Å². The number of carbonyl (C=O) groups excluding carboxylic acids is 1. The molecule has 24 heavy (non-hydrogen) atoms. The number of carbonyl (C=O) groups is 1. The minimum Gasteiger partial charge on any atom is -0.454 e. The van der Waals surface area contributed by atoms with Crippen LogP contribution in [0.5, 0.6) is 0 Å². The van der Waals surface area contributed by atoms with E-state index in [2.05, 4.69) is 16.8 Å². The van der Waals surface area contributed by atoms with Crippen LogP contribution in [-0.4, -0.2) is 21.0 Å². The molecule has 1 heterocycles. The lowest BCUT2D eigenvalue weighted by Crippen LogP contribution is -2.14. The van der Waals surface area contributed by atoms with E-state index in [1.54, 1.807) is 11.7 Å². The molecule has 0 amide bonds. The Hall–Kier alpha value is -2.95. The molecule has 0 bridgehead atoms. The van der Waals surface area contributed by atoms with E-state index >= 15 is 0 Å². The third kappa shape index (κ3) is 3.06. The van der Waals surface area contributed by atoms with E-state index in [1.165, 1.54) is 0 Å². The summed E-state index contributed by atoms with van der Waals surface area (Å²) in [5.74, 6) is -0.393. The Morgan fingerprint density at radius 2 is 1.71 bits per heavy atom. The van der Waals surface area contributed by atoms with Gasteiger partial charge in [-0.1, -0.05) is 43.8 Å². The second-order valence-corrected chi connectivity index (χ2v) is 5.62. The largest absolute Gasteiger partial charge is 0.454 e. The van der Waals surface area contributed by atoms with Crippen molar-refractivity contribution in [1.29, 1.82) is 0 Å². The van der Waals surface area contributed by atoms with Crippen molar-refractivity contribution in [2.75, 3.05) is 0 Å². The molecule has 122 valence electrons. The summed E-state index contributed by atoms with van der Waals surface area (Å²) in [4.78, 5) is 13.5. The summed E-state index contributed by atoms with van der Waals surface area (Å²) in [5.41, 5.74) is 3.69. The van der Waals surface area contributed by atoms with Crippen LogP contribution in [0.25, 0.3) is 16.7 Å². The predicted octanol–water partition coefficient (Wildman–Crippen LogP) is 3.99. The van der Waals surface area contributed by atoms with E-state index in [0.717, 1.165) is 22.3 Å². The summed E-state index contributed by atoms with van der Waals surface area (Å²) >= 11 is 0. The Balaban J connectivity index is 2.03. The van der Waals surface area contributed by atoms with E-state index in [9.17, 15) is 4.79 Å². The molecule has 0 N–H and O–H groups in total. The maximum atomic E-state index is 11.9. The van der Waals surface area contributed by atoms with Gasteiger partial charge in [0.25, 0.3) is 0 Å². The van der Waals surface area contributed by atoms with Crippen molar-refractivity contribution < 1.29 is 9.53 Å². The number of para-hydroxylation sites is 1. The summed E-state index contributed by atoms with van der Waals surface area (Å²) in [6, 6.07) is 15.4. The molecule has 0 radical (unpaired) electrons. The molecule has 1 atom stereocenters. The number of aromatic nitrogens is 3. The molecule has 1 unspecified atom stereocenters. The van der Waals surface area contributed by atoms with Crippen LogP contribution in [0.4, 0.5) is 0 Å². The number of esters is 1. The maximum Gasteiger partial charge on any atom is 0.333 e. The van der Waals surface area contributed by atoms with E-state index in [4.69, 9.17) is 4.74 Å². The molecular weight excluding hydrogens is 302 g/mol. The van der Waals surface area contributed by atoms with Gasteiger partial charge in [0, 0.05) is 11.1 Å². The topological polar surface area (TPSA) is 57.0 Å². The van der Waals surface area contributed by atoms with Crippen molar-refractivity contribution >= 4 is 17.0 Å². The molecule has 1 aromatic heterocycles. The molecule has 5 heteroatoms. The second kappa shape index (κ2) is 6.66. The number of ether oxygens (including phenoxy) is 1. The molecule has 3 rings (SSSR count). The Morgan fingerprint density at radius 3 is 2.29 bits per heavy atom. The van der Waals surface area contributed by atoms with Crippen molar-refractivity contribution in [3.8, 4) is 5.69 Å². The third-order valence-electron chi connectivity index (χ3n) is 3.75. The van der Waals surface area contributed by atoms with Crippen molar-refractivity contribution in [2.24, 2.45) is 0 Å². The summed E-state index contributed by atoms with van der Waals surface area (Å²) in [5, 5.41) is 9.04. The minimum absolute atomic E-state index is 0.375. The summed E-state index contributed by atoms with van der Waals surface area (Å²) in [6.07, 6.45) is 0.274. The van der Waals surface area contributed by atoms with E-state index in [0.29, 0.717) is 12.0 Å². The fourth-order valence-corrected chi connectivity index (χ4v) is 2.51. The van der Waals surface area contributed by atoms with Crippen molar-refractivity contribution in [2.45, 2.75) is 26.4 Å². The van der Waals surface area contributed by atoms with Crippen LogP contribution in [0, 0.1) is 0 Å². The highest BCUT2D eigenvalue weighted by Gasteiger charge is 2.20. The maximum absolute atomic E-state index is 11.9. The molecule has 0 saturated carbocycles. The molecule has 0 fully saturated rings. The molecular formula is C19H19N3O2. The van der Waals surface area contributed by atoms with Crippen LogP contribution < -0.4 is 0 Å². The number of rotatable bonds is 5. The number of hydrogen-bond donors (Lipinski definition) is 0. The lowest BCUT2D eigenvalue weighted by molar-refractivity contribution is -0.144. The zero-order chi connectivity index (χ0) is 17.1. The van der Waals surface area contributed by atoms with Crippen molar-refractivity contribution in [1.82, 2.24) is 15.0 Å². The van der Waals surface area contributed by atoms with Crippen LogP contribution in [0.3, 0.4) is 0 Å². The van der Waals surface area contributed by atoms with E-state index in [1.807, 2.05) is 55.5 Å². The van der Waals surface area contributed by atoms with Gasteiger partial charge in [-0.05, 0) is 31.5 Å². The lowest BCUT2D eigenvalue weighted by Gasteiger charge is -2.19. The third-order valence-corrected chi connectivity index (χ3v) is 3.75. The number of hydrogen-bond acceptors (Lipinski definition) is 4. The molecule has 5 nitrogen and oxygen atoms in total. The Morgan fingerprint density at radius 1 is 1.12 bits per heavy atom. The quantitative estimate of drug-likeness (QED) is 0.526. The van der Waals surface area contributed by atoms with Crippen LogP contribution in [-0.2, 0) is 9.53 Å². The zero-order valence-electron chi connectivity index (χ0n) is 13.8. The molecule has 0 aliphatic heterocycles. The normalized spacial score (nSPS) is 12.1. The van der Waals surface area contributed by atoms with Crippen LogP contribution >= 0.6 is 0 Å². The zero-order valence-corrected chi connectivity index (χ0v) is 13.8. The highest BCUT2D eigenvalue weighted by molar-refractivity contribution is 5.87. The van der Waals surface area contributed by atoms with Gasteiger partial charge in [0.1, 0.15) is 17.1 Å². The van der Waals surface area contributed by atoms with Gasteiger partial charge in [0.15, 0.2) is 0 Å². The molecule has 2 aromatic carbocycles. The average molecular weight is 321 g/mol. The fraction of sp³-hybridized carbons (Fsp3) is 0.211. The molecule has 0 aliphatic rings. The first kappa shape index (κ1) is 15.9. The van der Waals surface area contributed by atoms with Gasteiger partial charge in [0.2, 0.25) is 0 Å². The Labute approximate surface area is 140 Å². The average Bonchev–Trinajstić information content (AvgIpc) is 3.03. The van der Waals surface area contributed by atoms with Gasteiger partial charge in [-0.2, -0.15) is 0 Å². The number of benzene rings is 2. The molecule has 0 saturated heterocycles. The Bertz CT molecular complexity index is 865.